The Hall–Kier alpha value is -2.01. The molecule has 0 unspecified atom stereocenters. The Morgan fingerprint density at radius 3 is 2.32 bits per heavy atom. The van der Waals surface area contributed by atoms with Crippen LogP contribution in [-0.4, -0.2) is 19.0 Å². The van der Waals surface area contributed by atoms with Gasteiger partial charge in [0.2, 0.25) is 0 Å². The van der Waals surface area contributed by atoms with Crippen molar-refractivity contribution < 1.29 is 4.79 Å². The Kier molecular flexibility index (Phi) is 5.44. The molecule has 0 radical (unpaired) electrons. The maximum absolute atomic E-state index is 12.2. The number of benzene rings is 2. The number of rotatable bonds is 5. The zero-order valence-corrected chi connectivity index (χ0v) is 14.4. The van der Waals surface area contributed by atoms with E-state index >= 15 is 0 Å². The van der Waals surface area contributed by atoms with Crippen molar-refractivity contribution in [2.45, 2.75) is 13.8 Å². The number of nitrogens with two attached hydrogens (primary N) is 1. The molecule has 4 nitrogen and oxygen atoms in total. The molecule has 2 aromatic carbocycles. The van der Waals surface area contributed by atoms with Crippen LogP contribution in [0.25, 0.3) is 0 Å². The highest BCUT2D eigenvalue weighted by molar-refractivity contribution is 9.10. The maximum Gasteiger partial charge on any atom is 0.255 e. The predicted octanol–water partition coefficient (Wildman–Crippen LogP) is 4.13. The van der Waals surface area contributed by atoms with Gasteiger partial charge in [0, 0.05) is 28.8 Å². The molecule has 22 heavy (non-hydrogen) atoms. The van der Waals surface area contributed by atoms with Gasteiger partial charge in [0.25, 0.3) is 5.91 Å². The van der Waals surface area contributed by atoms with Gasteiger partial charge >= 0.3 is 0 Å². The lowest BCUT2D eigenvalue weighted by atomic mass is 10.2. The van der Waals surface area contributed by atoms with Crippen molar-refractivity contribution >= 4 is 38.9 Å². The van der Waals surface area contributed by atoms with Crippen LogP contribution in [0.1, 0.15) is 24.2 Å². The molecule has 0 fully saturated rings. The van der Waals surface area contributed by atoms with E-state index in [0.29, 0.717) is 16.9 Å². The minimum absolute atomic E-state index is 0.150. The van der Waals surface area contributed by atoms with Crippen molar-refractivity contribution in [2.24, 2.45) is 0 Å². The Morgan fingerprint density at radius 1 is 1.14 bits per heavy atom. The maximum atomic E-state index is 12.2. The van der Waals surface area contributed by atoms with E-state index in [4.69, 9.17) is 5.73 Å². The monoisotopic (exact) mass is 361 g/mol. The quantitative estimate of drug-likeness (QED) is 0.787. The first-order chi connectivity index (χ1) is 10.5. The largest absolute Gasteiger partial charge is 0.397 e. The van der Waals surface area contributed by atoms with Crippen LogP contribution in [0.2, 0.25) is 0 Å². The number of nitrogen functional groups attached to an aromatic ring is 1. The van der Waals surface area contributed by atoms with Crippen molar-refractivity contribution in [2.75, 3.05) is 29.0 Å². The standard InChI is InChI=1S/C17H20BrN3O/c1-3-21(4-2)16-10-9-14(11-15(16)19)20-17(22)12-5-7-13(18)8-6-12/h5-11H,3-4,19H2,1-2H3,(H,20,22). The third-order valence-corrected chi connectivity index (χ3v) is 4.02. The van der Waals surface area contributed by atoms with Crippen LogP contribution in [0, 0.1) is 0 Å². The number of hydrogen-bond acceptors (Lipinski definition) is 3. The molecular formula is C17H20BrN3O. The Morgan fingerprint density at radius 2 is 1.77 bits per heavy atom. The Labute approximate surface area is 139 Å². The van der Waals surface area contributed by atoms with Crippen LogP contribution in [0.15, 0.2) is 46.9 Å². The third-order valence-electron chi connectivity index (χ3n) is 3.50. The zero-order valence-electron chi connectivity index (χ0n) is 12.8. The summed E-state index contributed by atoms with van der Waals surface area (Å²) in [5.74, 6) is -0.150. The molecule has 1 amide bonds. The van der Waals surface area contributed by atoms with Crippen molar-refractivity contribution in [3.63, 3.8) is 0 Å². The summed E-state index contributed by atoms with van der Waals surface area (Å²) in [4.78, 5) is 14.4. The number of amides is 1. The van der Waals surface area contributed by atoms with E-state index in [1.165, 1.54) is 0 Å². The highest BCUT2D eigenvalue weighted by Gasteiger charge is 2.09. The summed E-state index contributed by atoms with van der Waals surface area (Å²) in [5.41, 5.74) is 9.07. The second-order valence-electron chi connectivity index (χ2n) is 4.91. The second-order valence-corrected chi connectivity index (χ2v) is 5.82. The van der Waals surface area contributed by atoms with Gasteiger partial charge in [-0.3, -0.25) is 4.79 Å². The van der Waals surface area contributed by atoms with E-state index in [2.05, 4.69) is 40.0 Å². The van der Waals surface area contributed by atoms with Gasteiger partial charge in [-0.25, -0.2) is 0 Å². The van der Waals surface area contributed by atoms with E-state index in [0.717, 1.165) is 23.2 Å². The van der Waals surface area contributed by atoms with Crippen molar-refractivity contribution in [3.05, 3.63) is 52.5 Å². The van der Waals surface area contributed by atoms with E-state index in [1.54, 1.807) is 18.2 Å². The van der Waals surface area contributed by atoms with Gasteiger partial charge in [0.05, 0.1) is 11.4 Å². The van der Waals surface area contributed by atoms with Gasteiger partial charge in [0.15, 0.2) is 0 Å². The van der Waals surface area contributed by atoms with Crippen molar-refractivity contribution in [3.8, 4) is 0 Å². The highest BCUT2D eigenvalue weighted by Crippen LogP contribution is 2.26. The van der Waals surface area contributed by atoms with Crippen LogP contribution in [0.5, 0.6) is 0 Å². The van der Waals surface area contributed by atoms with Crippen LogP contribution >= 0.6 is 15.9 Å². The number of nitrogens with zero attached hydrogens (tertiary/aromatic N) is 1. The van der Waals surface area contributed by atoms with Crippen LogP contribution in [0.3, 0.4) is 0 Å². The van der Waals surface area contributed by atoms with Gasteiger partial charge in [0.1, 0.15) is 0 Å². The predicted molar refractivity (Wildman–Crippen MR) is 96.5 cm³/mol. The number of nitrogens with one attached hydrogen (secondary N) is 1. The lowest BCUT2D eigenvalue weighted by molar-refractivity contribution is 0.102. The summed E-state index contributed by atoms with van der Waals surface area (Å²) in [6.07, 6.45) is 0. The zero-order chi connectivity index (χ0) is 16.1. The SMILES string of the molecule is CCN(CC)c1ccc(NC(=O)c2ccc(Br)cc2)cc1N. The number of carbonyl (C=O) groups excluding carboxylic acids is 1. The van der Waals surface area contributed by atoms with E-state index in [-0.39, 0.29) is 5.91 Å². The molecule has 0 bridgehead atoms. The van der Waals surface area contributed by atoms with Crippen molar-refractivity contribution in [1.29, 1.82) is 0 Å². The minimum atomic E-state index is -0.150. The molecule has 3 N–H and O–H groups in total. The molecule has 2 rings (SSSR count). The molecule has 5 heteroatoms. The smallest absolute Gasteiger partial charge is 0.255 e. The van der Waals surface area contributed by atoms with Gasteiger partial charge in [-0.1, -0.05) is 15.9 Å². The van der Waals surface area contributed by atoms with Crippen LogP contribution in [0.4, 0.5) is 17.1 Å². The summed E-state index contributed by atoms with van der Waals surface area (Å²) in [6.45, 7) is 5.97. The van der Waals surface area contributed by atoms with Crippen LogP contribution in [-0.2, 0) is 0 Å². The molecule has 0 atom stereocenters. The van der Waals surface area contributed by atoms with Crippen molar-refractivity contribution in [1.82, 2.24) is 0 Å². The van der Waals surface area contributed by atoms with Gasteiger partial charge < -0.3 is 16.0 Å². The van der Waals surface area contributed by atoms with Gasteiger partial charge in [-0.05, 0) is 56.3 Å². The first kappa shape index (κ1) is 16.4. The lowest BCUT2D eigenvalue weighted by Crippen LogP contribution is -2.23. The summed E-state index contributed by atoms with van der Waals surface area (Å²) >= 11 is 3.35. The average molecular weight is 362 g/mol. The highest BCUT2D eigenvalue weighted by atomic mass is 79.9. The van der Waals surface area contributed by atoms with E-state index < -0.39 is 0 Å². The number of halogens is 1. The lowest BCUT2D eigenvalue weighted by Gasteiger charge is -2.23. The second kappa shape index (κ2) is 7.31. The topological polar surface area (TPSA) is 58.4 Å². The first-order valence-corrected chi connectivity index (χ1v) is 8.05. The number of carbonyl (C=O) groups is 1. The summed E-state index contributed by atoms with van der Waals surface area (Å²) in [5, 5.41) is 2.87. The fourth-order valence-corrected chi connectivity index (χ4v) is 2.55. The average Bonchev–Trinajstić information content (AvgIpc) is 2.51. The molecule has 0 saturated heterocycles. The molecule has 0 saturated carbocycles. The number of hydrogen-bond donors (Lipinski definition) is 2. The third kappa shape index (κ3) is 3.80. The number of anilines is 3. The summed E-state index contributed by atoms with van der Waals surface area (Å²) in [7, 11) is 0. The van der Waals surface area contributed by atoms with Gasteiger partial charge in [-0.15, -0.1) is 0 Å². The molecule has 0 aliphatic rings. The van der Waals surface area contributed by atoms with E-state index in [1.807, 2.05) is 24.3 Å². The van der Waals surface area contributed by atoms with Crippen LogP contribution < -0.4 is 16.0 Å². The Bertz CT molecular complexity index is 651. The Balaban J connectivity index is 2.15. The first-order valence-electron chi connectivity index (χ1n) is 7.26. The van der Waals surface area contributed by atoms with Gasteiger partial charge in [-0.2, -0.15) is 0 Å². The van der Waals surface area contributed by atoms with E-state index in [9.17, 15) is 4.79 Å². The molecular weight excluding hydrogens is 342 g/mol. The molecule has 116 valence electrons. The molecule has 0 aromatic heterocycles. The molecule has 0 spiro atoms. The molecule has 0 aliphatic carbocycles. The summed E-state index contributed by atoms with van der Waals surface area (Å²) in [6, 6.07) is 12.8. The molecule has 0 aliphatic heterocycles. The fourth-order valence-electron chi connectivity index (χ4n) is 2.29. The normalized spacial score (nSPS) is 10.3. The molecule has 0 heterocycles. The molecule has 2 aromatic rings. The fraction of sp³-hybridized carbons (Fsp3) is 0.235. The summed E-state index contributed by atoms with van der Waals surface area (Å²) < 4.78 is 0.942. The minimum Gasteiger partial charge on any atom is -0.397 e.